The minimum atomic E-state index is -0.207. The van der Waals surface area contributed by atoms with E-state index in [9.17, 15) is 0 Å². The number of ether oxygens (including phenoxy) is 1. The SMILES string of the molecule is C=C1SC(=S)OC1(C)CC. The lowest BCUT2D eigenvalue weighted by atomic mass is 10.0. The molecule has 0 saturated carbocycles. The summed E-state index contributed by atoms with van der Waals surface area (Å²) < 4.78 is 6.01. The molecule has 1 atom stereocenters. The summed E-state index contributed by atoms with van der Waals surface area (Å²) in [5, 5.41) is 0. The van der Waals surface area contributed by atoms with Gasteiger partial charge in [-0.15, -0.1) is 0 Å². The molecule has 1 aliphatic rings. The van der Waals surface area contributed by atoms with E-state index in [4.69, 9.17) is 17.0 Å². The molecular weight excluding hydrogens is 164 g/mol. The largest absolute Gasteiger partial charge is 0.467 e. The first-order valence-electron chi connectivity index (χ1n) is 3.18. The maximum atomic E-state index is 5.41. The van der Waals surface area contributed by atoms with Gasteiger partial charge in [0.2, 0.25) is 4.38 Å². The van der Waals surface area contributed by atoms with Gasteiger partial charge in [-0.2, -0.15) is 0 Å². The molecule has 10 heavy (non-hydrogen) atoms. The number of thioether (sulfide) groups is 1. The monoisotopic (exact) mass is 174 g/mol. The van der Waals surface area contributed by atoms with Gasteiger partial charge in [-0.3, -0.25) is 0 Å². The van der Waals surface area contributed by atoms with Crippen LogP contribution in [0.15, 0.2) is 11.5 Å². The zero-order chi connectivity index (χ0) is 7.78. The van der Waals surface area contributed by atoms with Gasteiger partial charge in [-0.25, -0.2) is 0 Å². The van der Waals surface area contributed by atoms with Crippen molar-refractivity contribution in [2.75, 3.05) is 0 Å². The molecule has 56 valence electrons. The van der Waals surface area contributed by atoms with E-state index < -0.39 is 0 Å². The molecule has 0 bridgehead atoms. The van der Waals surface area contributed by atoms with Crippen molar-refractivity contribution >= 4 is 28.4 Å². The predicted octanol–water partition coefficient (Wildman–Crippen LogP) is 2.72. The highest BCUT2D eigenvalue weighted by molar-refractivity contribution is 8.25. The van der Waals surface area contributed by atoms with Gasteiger partial charge in [0.05, 0.1) is 0 Å². The van der Waals surface area contributed by atoms with Crippen molar-refractivity contribution in [2.45, 2.75) is 25.9 Å². The van der Waals surface area contributed by atoms with E-state index in [1.807, 2.05) is 6.92 Å². The third-order valence-corrected chi connectivity index (χ3v) is 3.04. The van der Waals surface area contributed by atoms with Crippen LogP contribution in [0.5, 0.6) is 0 Å². The fraction of sp³-hybridized carbons (Fsp3) is 0.571. The molecule has 0 aromatic heterocycles. The smallest absolute Gasteiger partial charge is 0.225 e. The zero-order valence-corrected chi connectivity index (χ0v) is 7.77. The van der Waals surface area contributed by atoms with Crippen molar-refractivity contribution in [1.82, 2.24) is 0 Å². The minimum absolute atomic E-state index is 0.207. The average molecular weight is 174 g/mol. The van der Waals surface area contributed by atoms with E-state index in [1.165, 1.54) is 11.8 Å². The summed E-state index contributed by atoms with van der Waals surface area (Å²) in [7, 11) is 0. The Labute approximate surface area is 70.8 Å². The molecule has 1 rings (SSSR count). The Kier molecular flexibility index (Phi) is 2.06. The summed E-state index contributed by atoms with van der Waals surface area (Å²) in [6.07, 6.45) is 0.930. The van der Waals surface area contributed by atoms with Crippen LogP contribution in [0.4, 0.5) is 0 Å². The highest BCUT2D eigenvalue weighted by Gasteiger charge is 2.36. The lowest BCUT2D eigenvalue weighted by Crippen LogP contribution is -2.23. The molecule has 1 heterocycles. The maximum absolute atomic E-state index is 5.41. The number of hydrogen-bond acceptors (Lipinski definition) is 3. The van der Waals surface area contributed by atoms with E-state index in [0.29, 0.717) is 4.38 Å². The predicted molar refractivity (Wildman–Crippen MR) is 49.1 cm³/mol. The van der Waals surface area contributed by atoms with E-state index in [2.05, 4.69) is 13.5 Å². The summed E-state index contributed by atoms with van der Waals surface area (Å²) in [5.41, 5.74) is -0.207. The summed E-state index contributed by atoms with van der Waals surface area (Å²) >= 11 is 6.36. The van der Waals surface area contributed by atoms with Crippen molar-refractivity contribution in [1.29, 1.82) is 0 Å². The van der Waals surface area contributed by atoms with E-state index in [1.54, 1.807) is 0 Å². The molecule has 1 fully saturated rings. The Morgan fingerprint density at radius 1 is 1.80 bits per heavy atom. The van der Waals surface area contributed by atoms with Gasteiger partial charge < -0.3 is 4.74 Å². The standard InChI is InChI=1S/C7H10OS2/c1-4-7(3)5(2)10-6(9)8-7/h2,4H2,1,3H3. The average Bonchev–Trinajstić information content (AvgIpc) is 2.09. The maximum Gasteiger partial charge on any atom is 0.225 e. The van der Waals surface area contributed by atoms with Crippen LogP contribution >= 0.6 is 24.0 Å². The Morgan fingerprint density at radius 2 is 2.40 bits per heavy atom. The molecule has 0 spiro atoms. The molecule has 0 aromatic carbocycles. The van der Waals surface area contributed by atoms with Crippen LogP contribution in [0, 0.1) is 0 Å². The molecule has 1 unspecified atom stereocenters. The fourth-order valence-corrected chi connectivity index (χ4v) is 2.05. The van der Waals surface area contributed by atoms with E-state index in [-0.39, 0.29) is 5.60 Å². The van der Waals surface area contributed by atoms with E-state index in [0.717, 1.165) is 11.3 Å². The van der Waals surface area contributed by atoms with Crippen LogP contribution in [0.25, 0.3) is 0 Å². The molecule has 0 amide bonds. The number of rotatable bonds is 1. The van der Waals surface area contributed by atoms with Crippen LogP contribution in [-0.2, 0) is 4.74 Å². The summed E-state index contributed by atoms with van der Waals surface area (Å²) in [5.74, 6) is 0. The Balaban J connectivity index is 2.80. The third-order valence-electron chi connectivity index (χ3n) is 1.78. The summed E-state index contributed by atoms with van der Waals surface area (Å²) in [6, 6.07) is 0. The Hall–Kier alpha value is -0.0200. The topological polar surface area (TPSA) is 9.23 Å². The first kappa shape index (κ1) is 8.08. The summed E-state index contributed by atoms with van der Waals surface area (Å²) in [6.45, 7) is 7.96. The third kappa shape index (κ3) is 1.20. The van der Waals surface area contributed by atoms with Crippen molar-refractivity contribution in [3.05, 3.63) is 11.5 Å². The number of hydrogen-bond donors (Lipinski definition) is 0. The van der Waals surface area contributed by atoms with Crippen molar-refractivity contribution in [3.63, 3.8) is 0 Å². The van der Waals surface area contributed by atoms with Gasteiger partial charge in [0.25, 0.3) is 0 Å². The highest BCUT2D eigenvalue weighted by atomic mass is 32.2. The van der Waals surface area contributed by atoms with Crippen LogP contribution in [0.3, 0.4) is 0 Å². The van der Waals surface area contributed by atoms with Crippen LogP contribution in [-0.4, -0.2) is 9.98 Å². The molecule has 1 nitrogen and oxygen atoms in total. The van der Waals surface area contributed by atoms with Crippen LogP contribution in [0.1, 0.15) is 20.3 Å². The molecule has 0 radical (unpaired) electrons. The zero-order valence-electron chi connectivity index (χ0n) is 6.14. The van der Waals surface area contributed by atoms with Crippen molar-refractivity contribution < 1.29 is 4.74 Å². The van der Waals surface area contributed by atoms with Gasteiger partial charge >= 0.3 is 0 Å². The minimum Gasteiger partial charge on any atom is -0.467 e. The van der Waals surface area contributed by atoms with Crippen LogP contribution in [0.2, 0.25) is 0 Å². The highest BCUT2D eigenvalue weighted by Crippen LogP contribution is 2.41. The van der Waals surface area contributed by atoms with Gasteiger partial charge in [0.1, 0.15) is 5.60 Å². The van der Waals surface area contributed by atoms with Crippen molar-refractivity contribution in [2.24, 2.45) is 0 Å². The van der Waals surface area contributed by atoms with Gasteiger partial charge in [-0.05, 0) is 37.3 Å². The molecule has 0 aromatic rings. The van der Waals surface area contributed by atoms with Crippen LogP contribution < -0.4 is 0 Å². The van der Waals surface area contributed by atoms with E-state index >= 15 is 0 Å². The lowest BCUT2D eigenvalue weighted by Gasteiger charge is -2.20. The molecular formula is C7H10OS2. The van der Waals surface area contributed by atoms with Crippen molar-refractivity contribution in [3.8, 4) is 0 Å². The fourth-order valence-electron chi connectivity index (χ4n) is 0.740. The molecule has 3 heteroatoms. The lowest BCUT2D eigenvalue weighted by molar-refractivity contribution is 0.137. The quantitative estimate of drug-likeness (QED) is 0.566. The molecule has 0 N–H and O–H groups in total. The second-order valence-electron chi connectivity index (χ2n) is 2.46. The van der Waals surface area contributed by atoms with Gasteiger partial charge in [0.15, 0.2) is 0 Å². The summed E-state index contributed by atoms with van der Waals surface area (Å²) in [4.78, 5) is 1.03. The van der Waals surface area contributed by atoms with Gasteiger partial charge in [0, 0.05) is 4.91 Å². The first-order valence-corrected chi connectivity index (χ1v) is 4.41. The Morgan fingerprint density at radius 3 is 2.60 bits per heavy atom. The normalized spacial score (nSPS) is 32.6. The Bertz CT molecular complexity index is 188. The first-order chi connectivity index (χ1) is 4.58. The number of thiocarbonyl (C=S) groups is 1. The second-order valence-corrected chi connectivity index (χ2v) is 4.16. The molecule has 0 aliphatic carbocycles. The van der Waals surface area contributed by atoms with Gasteiger partial charge in [-0.1, -0.05) is 13.5 Å². The molecule has 1 saturated heterocycles. The molecule has 1 aliphatic heterocycles. The second kappa shape index (κ2) is 2.55.